The minimum Gasteiger partial charge on any atom is -0.493 e. The summed E-state index contributed by atoms with van der Waals surface area (Å²) in [5, 5.41) is 12.1. The first-order chi connectivity index (χ1) is 17.9. The number of carbonyl (C=O) groups excluding carboxylic acids is 1. The van der Waals surface area contributed by atoms with Crippen molar-refractivity contribution in [2.75, 3.05) is 20.2 Å². The Hall–Kier alpha value is -4.18. The number of nitrogens with zero attached hydrogens (tertiary/aromatic N) is 3. The Morgan fingerprint density at radius 1 is 1.16 bits per heavy atom. The van der Waals surface area contributed by atoms with Crippen LogP contribution in [0.1, 0.15) is 29.5 Å². The van der Waals surface area contributed by atoms with Crippen LogP contribution in [0.3, 0.4) is 0 Å². The fourth-order valence-corrected chi connectivity index (χ4v) is 5.01. The van der Waals surface area contributed by atoms with E-state index in [0.29, 0.717) is 33.5 Å². The fourth-order valence-electron chi connectivity index (χ4n) is 4.16. The molecule has 5 rings (SSSR count). The maximum absolute atomic E-state index is 12.8. The van der Waals surface area contributed by atoms with Crippen LogP contribution in [0.5, 0.6) is 11.5 Å². The van der Waals surface area contributed by atoms with Gasteiger partial charge in [0.2, 0.25) is 11.0 Å². The number of carbonyl (C=O) groups is 1. The summed E-state index contributed by atoms with van der Waals surface area (Å²) in [7, 11) is 1.55. The van der Waals surface area contributed by atoms with E-state index in [-0.39, 0.29) is 16.6 Å². The largest absolute Gasteiger partial charge is 0.493 e. The number of amides is 1. The average molecular weight is 518 g/mol. The first-order valence-corrected chi connectivity index (χ1v) is 12.8. The molecule has 190 valence electrons. The van der Waals surface area contributed by atoms with Gasteiger partial charge in [-0.05, 0) is 49.1 Å². The summed E-state index contributed by atoms with van der Waals surface area (Å²) in [4.78, 5) is 31.2. The molecule has 0 aromatic heterocycles. The van der Waals surface area contributed by atoms with Gasteiger partial charge >= 0.3 is 0 Å². The zero-order valence-corrected chi connectivity index (χ0v) is 21.4. The topological polar surface area (TPSA) is 113 Å². The van der Waals surface area contributed by atoms with Crippen molar-refractivity contribution in [2.45, 2.75) is 26.4 Å². The quantitative estimate of drug-likeness (QED) is 0.404. The average Bonchev–Trinajstić information content (AvgIpc) is 3.57. The molecule has 9 nitrogen and oxygen atoms in total. The van der Waals surface area contributed by atoms with E-state index >= 15 is 0 Å². The van der Waals surface area contributed by atoms with Crippen molar-refractivity contribution in [3.8, 4) is 16.6 Å². The summed E-state index contributed by atoms with van der Waals surface area (Å²) < 4.78 is 13.4. The van der Waals surface area contributed by atoms with Gasteiger partial charge < -0.3 is 14.4 Å². The Balaban J connectivity index is 1.45. The van der Waals surface area contributed by atoms with Gasteiger partial charge in [-0.1, -0.05) is 47.2 Å². The lowest BCUT2D eigenvalue weighted by Gasteiger charge is -2.11. The van der Waals surface area contributed by atoms with Crippen LogP contribution in [-0.4, -0.2) is 45.8 Å². The Kier molecular flexibility index (Phi) is 6.91. The van der Waals surface area contributed by atoms with Crippen molar-refractivity contribution in [3.05, 3.63) is 84.9 Å². The molecular weight excluding hydrogens is 490 g/mol. The predicted molar refractivity (Wildman–Crippen MR) is 141 cm³/mol. The second-order valence-corrected chi connectivity index (χ2v) is 9.89. The van der Waals surface area contributed by atoms with Crippen LogP contribution in [0.4, 0.5) is 0 Å². The smallest absolute Gasteiger partial charge is 0.283 e. The molecule has 2 aromatic carbocycles. The highest BCUT2D eigenvalue weighted by Gasteiger charge is 2.17. The molecule has 2 aromatic rings. The lowest BCUT2D eigenvalue weighted by molar-refractivity contribution is -0.123. The molecule has 0 radical (unpaired) electrons. The first kappa shape index (κ1) is 24.5. The van der Waals surface area contributed by atoms with Gasteiger partial charge in [-0.3, -0.25) is 20.1 Å². The third-order valence-electron chi connectivity index (χ3n) is 6.21. The van der Waals surface area contributed by atoms with Gasteiger partial charge in [-0.2, -0.15) is 4.98 Å². The zero-order chi connectivity index (χ0) is 25.9. The third-order valence-corrected chi connectivity index (χ3v) is 7.09. The molecule has 37 heavy (non-hydrogen) atoms. The Morgan fingerprint density at radius 2 is 1.92 bits per heavy atom. The summed E-state index contributed by atoms with van der Waals surface area (Å²) in [5.74, 6) is 1.00. The van der Waals surface area contributed by atoms with Gasteiger partial charge in [0.05, 0.1) is 12.3 Å². The monoisotopic (exact) mass is 517 g/mol. The lowest BCUT2D eigenvalue weighted by Crippen LogP contribution is -2.47. The number of aromatic amines is 1. The second kappa shape index (κ2) is 10.4. The molecule has 0 atom stereocenters. The highest BCUT2D eigenvalue weighted by molar-refractivity contribution is 7.11. The summed E-state index contributed by atoms with van der Waals surface area (Å²) >= 11 is 1.16. The van der Waals surface area contributed by atoms with Gasteiger partial charge in [-0.25, -0.2) is 4.68 Å². The molecule has 0 aliphatic carbocycles. The standard InChI is InChI=1S/C27H27N5O4S/c1-17-5-7-18(8-6-17)16-36-21-10-9-19(14-22(21)35-2)13-20-25(28)32-27(29-26(20)34)37-23(30-32)15-24(33)31-11-3-4-12-31/h5-10,13-15,28,30H,3-4,11-12,16H2,1-2H3/b20-13-,23-15+,28-25?. The maximum atomic E-state index is 12.8. The number of aromatic nitrogens is 3. The van der Waals surface area contributed by atoms with Gasteiger partial charge in [0.15, 0.2) is 17.0 Å². The molecule has 3 aliphatic heterocycles. The molecule has 1 amide bonds. The summed E-state index contributed by atoms with van der Waals surface area (Å²) in [6.45, 7) is 3.93. The second-order valence-electron chi connectivity index (χ2n) is 8.88. The van der Waals surface area contributed by atoms with Gasteiger partial charge in [0, 0.05) is 19.2 Å². The SMILES string of the molecule is COc1cc(/C=c2\c(=O)nc3s/c(=C/C(=O)N4CCCC4)[nH]n-3c2=N)ccc1OCc1ccc(C)cc1. The zero-order valence-electron chi connectivity index (χ0n) is 20.6. The number of hydrogen-bond donors (Lipinski definition) is 2. The van der Waals surface area contributed by atoms with Crippen LogP contribution in [0.15, 0.2) is 47.3 Å². The molecule has 3 heterocycles. The van der Waals surface area contributed by atoms with E-state index in [1.807, 2.05) is 31.2 Å². The first-order valence-electron chi connectivity index (χ1n) is 12.0. The van der Waals surface area contributed by atoms with Crippen molar-refractivity contribution in [1.82, 2.24) is 19.7 Å². The molecule has 0 spiro atoms. The van der Waals surface area contributed by atoms with E-state index < -0.39 is 5.56 Å². The van der Waals surface area contributed by atoms with E-state index in [9.17, 15) is 9.59 Å². The number of likely N-dealkylation sites (tertiary alicyclic amines) is 1. The summed E-state index contributed by atoms with van der Waals surface area (Å²) in [6, 6.07) is 13.4. The Morgan fingerprint density at radius 3 is 2.65 bits per heavy atom. The molecule has 0 bridgehead atoms. The van der Waals surface area contributed by atoms with Gasteiger partial charge in [-0.15, -0.1) is 0 Å². The Labute approximate surface area is 216 Å². The number of H-pyrrole nitrogens is 1. The number of methoxy groups -OCH3 is 1. The molecule has 1 saturated heterocycles. The lowest BCUT2D eigenvalue weighted by atomic mass is 10.1. The molecule has 3 aliphatic rings. The molecule has 0 unspecified atom stereocenters. The number of hydrogen-bond acceptors (Lipinski definition) is 7. The van der Waals surface area contributed by atoms with E-state index in [1.54, 1.807) is 36.3 Å². The van der Waals surface area contributed by atoms with Crippen molar-refractivity contribution < 1.29 is 14.3 Å². The summed E-state index contributed by atoms with van der Waals surface area (Å²) in [5.41, 5.74) is 2.33. The van der Waals surface area contributed by atoms with Crippen LogP contribution < -0.4 is 30.4 Å². The number of rotatable bonds is 6. The third kappa shape index (κ3) is 5.34. The number of nitrogens with one attached hydrogen (secondary N) is 2. The maximum Gasteiger partial charge on any atom is 0.283 e. The minimum absolute atomic E-state index is 0.0433. The predicted octanol–water partition coefficient (Wildman–Crippen LogP) is 1.67. The van der Waals surface area contributed by atoms with Crippen LogP contribution in [0.2, 0.25) is 0 Å². The minimum atomic E-state index is -0.517. The van der Waals surface area contributed by atoms with E-state index in [2.05, 4.69) is 10.1 Å². The number of fused-ring (bicyclic) bond motifs is 1. The Bertz CT molecular complexity index is 1650. The molecule has 2 N–H and O–H groups in total. The van der Waals surface area contributed by atoms with Gasteiger partial charge in [0.1, 0.15) is 11.3 Å². The van der Waals surface area contributed by atoms with E-state index in [1.165, 1.54) is 16.3 Å². The van der Waals surface area contributed by atoms with Crippen molar-refractivity contribution in [3.63, 3.8) is 0 Å². The number of ether oxygens (including phenoxy) is 2. The fraction of sp³-hybridized carbons (Fsp3) is 0.259. The van der Waals surface area contributed by atoms with Gasteiger partial charge in [0.25, 0.3) is 5.56 Å². The molecular formula is C27H27N5O4S. The van der Waals surface area contributed by atoms with Crippen molar-refractivity contribution in [1.29, 1.82) is 5.41 Å². The highest BCUT2D eigenvalue weighted by Crippen LogP contribution is 2.29. The summed E-state index contributed by atoms with van der Waals surface area (Å²) in [6.07, 6.45) is 5.11. The molecule has 0 saturated carbocycles. The van der Waals surface area contributed by atoms with Crippen molar-refractivity contribution in [2.24, 2.45) is 0 Å². The van der Waals surface area contributed by atoms with Crippen molar-refractivity contribution >= 4 is 29.4 Å². The van der Waals surface area contributed by atoms with E-state index in [4.69, 9.17) is 14.9 Å². The number of benzene rings is 2. The van der Waals surface area contributed by atoms with Crippen LogP contribution in [0.25, 0.3) is 17.3 Å². The van der Waals surface area contributed by atoms with Crippen LogP contribution in [-0.2, 0) is 11.4 Å². The molecule has 1 fully saturated rings. The molecule has 10 heteroatoms. The normalized spacial score (nSPS) is 14.5. The highest BCUT2D eigenvalue weighted by atomic mass is 32.1. The van der Waals surface area contributed by atoms with Crippen LogP contribution >= 0.6 is 11.3 Å². The number of aryl methyl sites for hydroxylation is 1. The van der Waals surface area contributed by atoms with E-state index in [0.717, 1.165) is 42.8 Å². The van der Waals surface area contributed by atoms with Crippen LogP contribution in [0, 0.1) is 12.3 Å².